The predicted octanol–water partition coefficient (Wildman–Crippen LogP) is 2.98. The number of anilines is 1. The van der Waals surface area contributed by atoms with Crippen LogP contribution in [0.1, 0.15) is 30.2 Å². The maximum Gasteiger partial charge on any atom is 0.235 e. The molecule has 0 radical (unpaired) electrons. The van der Waals surface area contributed by atoms with Gasteiger partial charge in [-0.05, 0) is 31.5 Å². The zero-order chi connectivity index (χ0) is 16.4. The summed E-state index contributed by atoms with van der Waals surface area (Å²) in [5.74, 6) is 2.41. The number of H-pyrrole nitrogens is 1. The van der Waals surface area contributed by atoms with Gasteiger partial charge in [-0.2, -0.15) is 5.10 Å². The van der Waals surface area contributed by atoms with Crippen molar-refractivity contribution in [1.82, 2.24) is 10.2 Å². The Bertz CT molecular complexity index is 714. The number of aromatic nitrogens is 2. The third-order valence-electron chi connectivity index (χ3n) is 3.45. The number of benzene rings is 1. The highest BCUT2D eigenvalue weighted by molar-refractivity contribution is 8.00. The van der Waals surface area contributed by atoms with E-state index in [0.717, 1.165) is 11.1 Å². The van der Waals surface area contributed by atoms with E-state index in [1.165, 1.54) is 0 Å². The first-order valence-corrected chi connectivity index (χ1v) is 8.42. The minimum Gasteiger partial charge on any atom is -0.493 e. The van der Waals surface area contributed by atoms with E-state index in [4.69, 9.17) is 9.47 Å². The molecule has 3 rings (SSSR count). The molecule has 23 heavy (non-hydrogen) atoms. The van der Waals surface area contributed by atoms with Crippen LogP contribution in [-0.2, 0) is 4.79 Å². The van der Waals surface area contributed by atoms with Gasteiger partial charge < -0.3 is 14.8 Å². The second-order valence-electron chi connectivity index (χ2n) is 5.52. The molecular formula is C16H19N3O3S. The van der Waals surface area contributed by atoms with Gasteiger partial charge in [0.25, 0.3) is 0 Å². The van der Waals surface area contributed by atoms with Gasteiger partial charge in [0.2, 0.25) is 5.91 Å². The van der Waals surface area contributed by atoms with E-state index in [1.54, 1.807) is 25.1 Å². The van der Waals surface area contributed by atoms with Crippen LogP contribution < -0.4 is 14.8 Å². The minimum absolute atomic E-state index is 0.00435. The van der Waals surface area contributed by atoms with E-state index >= 15 is 0 Å². The number of ether oxygens (including phenoxy) is 2. The van der Waals surface area contributed by atoms with Gasteiger partial charge in [-0.1, -0.05) is 6.07 Å². The Hall–Kier alpha value is -2.15. The van der Waals surface area contributed by atoms with Crippen molar-refractivity contribution >= 4 is 23.5 Å². The first kappa shape index (κ1) is 15.7. The van der Waals surface area contributed by atoms with Gasteiger partial charge >= 0.3 is 0 Å². The number of aromatic amines is 1. The lowest BCUT2D eigenvalue weighted by atomic mass is 10.1. The molecule has 0 unspecified atom stereocenters. The van der Waals surface area contributed by atoms with Crippen LogP contribution in [0, 0.1) is 0 Å². The normalized spacial score (nSPS) is 17.4. The topological polar surface area (TPSA) is 76.2 Å². The lowest BCUT2D eigenvalue weighted by Crippen LogP contribution is -2.12. The second-order valence-corrected chi connectivity index (χ2v) is 6.61. The van der Waals surface area contributed by atoms with E-state index in [1.807, 2.05) is 32.0 Å². The maximum atomic E-state index is 11.8. The van der Waals surface area contributed by atoms with Crippen molar-refractivity contribution in [3.8, 4) is 11.5 Å². The van der Waals surface area contributed by atoms with Crippen molar-refractivity contribution < 1.29 is 14.3 Å². The summed E-state index contributed by atoms with van der Waals surface area (Å²) in [4.78, 5) is 11.8. The van der Waals surface area contributed by atoms with Gasteiger partial charge in [-0.25, -0.2) is 0 Å². The number of fused-ring (bicyclic) bond motifs is 1. The van der Waals surface area contributed by atoms with Crippen molar-refractivity contribution in [3.05, 3.63) is 35.5 Å². The monoisotopic (exact) mass is 333 g/mol. The third-order valence-corrected chi connectivity index (χ3v) is 4.74. The number of thioether (sulfide) groups is 1. The smallest absolute Gasteiger partial charge is 0.235 e. The molecule has 6 nitrogen and oxygen atoms in total. The van der Waals surface area contributed by atoms with Gasteiger partial charge in [-0.15, -0.1) is 11.8 Å². The van der Waals surface area contributed by atoms with Crippen LogP contribution >= 0.6 is 11.8 Å². The van der Waals surface area contributed by atoms with Gasteiger partial charge in [0.15, 0.2) is 11.5 Å². The van der Waals surface area contributed by atoms with Crippen LogP contribution in [0.4, 0.5) is 5.82 Å². The number of hydrogen-bond donors (Lipinski definition) is 2. The number of carbonyl (C=O) groups is 1. The largest absolute Gasteiger partial charge is 0.493 e. The number of rotatable bonds is 4. The second kappa shape index (κ2) is 6.54. The van der Waals surface area contributed by atoms with Gasteiger partial charge in [0.1, 0.15) is 5.82 Å². The molecule has 0 bridgehead atoms. The van der Waals surface area contributed by atoms with Crippen LogP contribution in [0.3, 0.4) is 0 Å². The summed E-state index contributed by atoms with van der Waals surface area (Å²) >= 11 is 1.56. The molecule has 0 saturated carbocycles. The van der Waals surface area contributed by atoms with Crippen LogP contribution in [0.5, 0.6) is 11.5 Å². The molecule has 1 aliphatic heterocycles. The number of amides is 1. The fourth-order valence-corrected chi connectivity index (χ4v) is 3.58. The SMILES string of the molecule is COc1cc([C@@H]2SCC(=O)Nc3[nH]ncc32)ccc1OC(C)C. The molecule has 1 amide bonds. The summed E-state index contributed by atoms with van der Waals surface area (Å²) in [5.41, 5.74) is 2.00. The van der Waals surface area contributed by atoms with Gasteiger partial charge in [0, 0.05) is 5.56 Å². The summed E-state index contributed by atoms with van der Waals surface area (Å²) in [5, 5.41) is 9.73. The Morgan fingerprint density at radius 2 is 2.17 bits per heavy atom. The molecule has 122 valence electrons. The van der Waals surface area contributed by atoms with Gasteiger partial charge in [0.05, 0.1) is 30.4 Å². The van der Waals surface area contributed by atoms with Crippen molar-refractivity contribution in [2.75, 3.05) is 18.2 Å². The fourth-order valence-electron chi connectivity index (χ4n) is 2.49. The number of carbonyl (C=O) groups excluding carboxylic acids is 1. The summed E-state index contributed by atoms with van der Waals surface area (Å²) in [6.07, 6.45) is 1.83. The summed E-state index contributed by atoms with van der Waals surface area (Å²) in [6.45, 7) is 3.95. The lowest BCUT2D eigenvalue weighted by molar-refractivity contribution is -0.113. The molecular weight excluding hydrogens is 314 g/mol. The highest BCUT2D eigenvalue weighted by atomic mass is 32.2. The van der Waals surface area contributed by atoms with E-state index in [-0.39, 0.29) is 17.3 Å². The number of hydrogen-bond acceptors (Lipinski definition) is 5. The molecule has 1 aromatic carbocycles. The summed E-state index contributed by atoms with van der Waals surface area (Å²) in [7, 11) is 1.63. The molecule has 1 aliphatic rings. The number of methoxy groups -OCH3 is 1. The Morgan fingerprint density at radius 1 is 1.35 bits per heavy atom. The van der Waals surface area contributed by atoms with Crippen molar-refractivity contribution in [1.29, 1.82) is 0 Å². The summed E-state index contributed by atoms with van der Waals surface area (Å²) in [6, 6.07) is 5.88. The molecule has 2 N–H and O–H groups in total. The maximum absolute atomic E-state index is 11.8. The molecule has 0 spiro atoms. The van der Waals surface area contributed by atoms with E-state index in [9.17, 15) is 4.79 Å². The average molecular weight is 333 g/mol. The number of nitrogens with one attached hydrogen (secondary N) is 2. The molecule has 2 heterocycles. The molecule has 0 aliphatic carbocycles. The highest BCUT2D eigenvalue weighted by Crippen LogP contribution is 2.43. The molecule has 0 fully saturated rings. The van der Waals surface area contributed by atoms with E-state index < -0.39 is 0 Å². The Labute approximate surface area is 138 Å². The molecule has 2 aromatic rings. The Balaban J connectivity index is 1.97. The quantitative estimate of drug-likeness (QED) is 0.899. The summed E-state index contributed by atoms with van der Waals surface area (Å²) < 4.78 is 11.2. The lowest BCUT2D eigenvalue weighted by Gasteiger charge is -2.18. The molecule has 1 atom stereocenters. The zero-order valence-electron chi connectivity index (χ0n) is 13.3. The molecule has 1 aromatic heterocycles. The van der Waals surface area contributed by atoms with Crippen molar-refractivity contribution in [2.24, 2.45) is 0 Å². The highest BCUT2D eigenvalue weighted by Gasteiger charge is 2.26. The Kier molecular flexibility index (Phi) is 4.47. The average Bonchev–Trinajstić information content (AvgIpc) is 2.90. The van der Waals surface area contributed by atoms with Crippen molar-refractivity contribution in [2.45, 2.75) is 25.2 Å². The van der Waals surface area contributed by atoms with Crippen LogP contribution in [-0.4, -0.2) is 35.1 Å². The van der Waals surface area contributed by atoms with E-state index in [2.05, 4.69) is 15.5 Å². The zero-order valence-corrected chi connectivity index (χ0v) is 14.1. The molecule has 0 saturated heterocycles. The third kappa shape index (κ3) is 3.29. The van der Waals surface area contributed by atoms with Crippen LogP contribution in [0.15, 0.2) is 24.4 Å². The first-order chi connectivity index (χ1) is 11.1. The number of nitrogens with zero attached hydrogens (tertiary/aromatic N) is 1. The first-order valence-electron chi connectivity index (χ1n) is 7.37. The Morgan fingerprint density at radius 3 is 2.91 bits per heavy atom. The van der Waals surface area contributed by atoms with Gasteiger partial charge in [-0.3, -0.25) is 9.89 Å². The van der Waals surface area contributed by atoms with Crippen LogP contribution in [0.25, 0.3) is 0 Å². The van der Waals surface area contributed by atoms with E-state index in [0.29, 0.717) is 23.1 Å². The fraction of sp³-hybridized carbons (Fsp3) is 0.375. The molecule has 7 heteroatoms. The minimum atomic E-state index is -0.0327. The van der Waals surface area contributed by atoms with Crippen molar-refractivity contribution in [3.63, 3.8) is 0 Å². The predicted molar refractivity (Wildman–Crippen MR) is 90.3 cm³/mol. The standard InChI is InChI=1S/C16H19N3O3S/c1-9(2)22-12-5-4-10(6-13(12)21-3)15-11-7-17-19-16(11)18-14(20)8-23-15/h4-7,9,15H,8H2,1-3H3,(H2,17,18,19,20)/t15-/m0/s1. The van der Waals surface area contributed by atoms with Crippen LogP contribution in [0.2, 0.25) is 0 Å².